The van der Waals surface area contributed by atoms with E-state index in [1.165, 1.54) is 11.9 Å². The fourth-order valence-electron chi connectivity index (χ4n) is 2.85. The molecular weight excluding hydrogens is 354 g/mol. The molecule has 0 aliphatic heterocycles. The summed E-state index contributed by atoms with van der Waals surface area (Å²) in [7, 11) is 1.67. The average Bonchev–Trinajstić information content (AvgIpc) is 3.17. The van der Waals surface area contributed by atoms with Gasteiger partial charge in [0, 0.05) is 25.5 Å². The van der Waals surface area contributed by atoms with Gasteiger partial charge < -0.3 is 20.4 Å². The molecular formula is C20H21N7O. The number of ether oxygens (including phenoxy) is 1. The first-order valence-corrected chi connectivity index (χ1v) is 9.02. The lowest BCUT2D eigenvalue weighted by Crippen LogP contribution is -2.07. The van der Waals surface area contributed by atoms with Gasteiger partial charge in [-0.2, -0.15) is 4.98 Å². The van der Waals surface area contributed by atoms with Crippen LogP contribution in [0, 0.1) is 0 Å². The van der Waals surface area contributed by atoms with Crippen molar-refractivity contribution in [2.45, 2.75) is 13.0 Å². The third-order valence-electron chi connectivity index (χ3n) is 4.34. The third kappa shape index (κ3) is 4.17. The highest BCUT2D eigenvalue weighted by Gasteiger charge is 2.09. The number of fused-ring (bicyclic) bond motifs is 1. The number of aromatic amines is 1. The molecule has 0 aliphatic carbocycles. The van der Waals surface area contributed by atoms with Crippen LogP contribution in [0.4, 0.5) is 11.8 Å². The van der Waals surface area contributed by atoms with E-state index in [9.17, 15) is 0 Å². The Balaban J connectivity index is 1.40. The molecule has 4 aromatic rings. The van der Waals surface area contributed by atoms with Gasteiger partial charge in [0.2, 0.25) is 5.95 Å². The molecule has 0 atom stereocenters. The minimum Gasteiger partial charge on any atom is -0.497 e. The molecule has 0 saturated heterocycles. The molecule has 3 N–H and O–H groups in total. The van der Waals surface area contributed by atoms with Crippen molar-refractivity contribution >= 4 is 22.9 Å². The molecule has 0 unspecified atom stereocenters. The van der Waals surface area contributed by atoms with Crippen molar-refractivity contribution in [3.05, 3.63) is 66.2 Å². The zero-order valence-corrected chi connectivity index (χ0v) is 15.5. The summed E-state index contributed by atoms with van der Waals surface area (Å²) >= 11 is 0. The zero-order chi connectivity index (χ0) is 19.2. The van der Waals surface area contributed by atoms with E-state index in [0.717, 1.165) is 35.6 Å². The molecule has 0 radical (unpaired) electrons. The molecule has 0 spiro atoms. The molecule has 0 amide bonds. The summed E-state index contributed by atoms with van der Waals surface area (Å²) < 4.78 is 5.19. The second kappa shape index (κ2) is 8.34. The number of hydrogen-bond acceptors (Lipinski definition) is 7. The van der Waals surface area contributed by atoms with Crippen molar-refractivity contribution in [2.24, 2.45) is 0 Å². The highest BCUT2D eigenvalue weighted by molar-refractivity contribution is 5.84. The minimum absolute atomic E-state index is 0.621. The highest BCUT2D eigenvalue weighted by atomic mass is 16.5. The van der Waals surface area contributed by atoms with Crippen molar-refractivity contribution in [3.8, 4) is 5.75 Å². The summed E-state index contributed by atoms with van der Waals surface area (Å²) in [5.41, 5.74) is 3.70. The number of anilines is 2. The summed E-state index contributed by atoms with van der Waals surface area (Å²) in [4.78, 5) is 20.4. The highest BCUT2D eigenvalue weighted by Crippen LogP contribution is 2.19. The molecule has 4 rings (SSSR count). The lowest BCUT2D eigenvalue weighted by molar-refractivity contribution is 0.414. The molecule has 8 heteroatoms. The summed E-state index contributed by atoms with van der Waals surface area (Å²) in [6.45, 7) is 1.37. The Bertz CT molecular complexity index is 1030. The van der Waals surface area contributed by atoms with Crippen LogP contribution in [0.25, 0.3) is 11.2 Å². The van der Waals surface area contributed by atoms with E-state index >= 15 is 0 Å². The van der Waals surface area contributed by atoms with Gasteiger partial charge in [0.1, 0.15) is 17.6 Å². The molecule has 142 valence electrons. The average molecular weight is 375 g/mol. The van der Waals surface area contributed by atoms with Gasteiger partial charge in [-0.15, -0.1) is 0 Å². The second-order valence-electron chi connectivity index (χ2n) is 6.25. The predicted molar refractivity (Wildman–Crippen MR) is 108 cm³/mol. The van der Waals surface area contributed by atoms with Crippen molar-refractivity contribution in [2.75, 3.05) is 24.3 Å². The number of aromatic nitrogens is 5. The van der Waals surface area contributed by atoms with Crippen LogP contribution in [0.1, 0.15) is 11.1 Å². The zero-order valence-electron chi connectivity index (χ0n) is 15.5. The number of benzene rings is 1. The number of nitrogens with one attached hydrogen (secondary N) is 3. The monoisotopic (exact) mass is 375 g/mol. The minimum atomic E-state index is 0.621. The van der Waals surface area contributed by atoms with Gasteiger partial charge in [-0.25, -0.2) is 9.97 Å². The fraction of sp³-hybridized carbons (Fsp3) is 0.200. The van der Waals surface area contributed by atoms with Gasteiger partial charge in [-0.3, -0.25) is 4.98 Å². The Morgan fingerprint density at radius 2 is 1.93 bits per heavy atom. The largest absolute Gasteiger partial charge is 0.497 e. The van der Waals surface area contributed by atoms with E-state index in [0.29, 0.717) is 18.1 Å². The van der Waals surface area contributed by atoms with E-state index in [1.807, 2.05) is 30.5 Å². The molecule has 1 aromatic carbocycles. The van der Waals surface area contributed by atoms with E-state index in [2.05, 4.69) is 47.7 Å². The third-order valence-corrected chi connectivity index (χ3v) is 4.34. The summed E-state index contributed by atoms with van der Waals surface area (Å²) in [5, 5.41) is 6.62. The van der Waals surface area contributed by atoms with Crippen LogP contribution in [-0.2, 0) is 13.0 Å². The SMILES string of the molecule is COc1ccc(CCNc2ncnc3nc(NCc4cccnc4)[nH]c23)cc1. The number of rotatable bonds is 8. The molecule has 8 nitrogen and oxygen atoms in total. The lowest BCUT2D eigenvalue weighted by atomic mass is 10.1. The summed E-state index contributed by atoms with van der Waals surface area (Å²) in [6, 6.07) is 12.0. The van der Waals surface area contributed by atoms with Crippen LogP contribution in [-0.4, -0.2) is 38.6 Å². The van der Waals surface area contributed by atoms with Crippen LogP contribution >= 0.6 is 0 Å². The Labute approximate surface area is 162 Å². The van der Waals surface area contributed by atoms with E-state index < -0.39 is 0 Å². The van der Waals surface area contributed by atoms with Gasteiger partial charge in [-0.1, -0.05) is 18.2 Å². The van der Waals surface area contributed by atoms with Crippen LogP contribution < -0.4 is 15.4 Å². The standard InChI is InChI=1S/C20H21N7O/c1-28-16-6-4-14(5-7-16)8-10-22-18-17-19(25-13-24-18)27-20(26-17)23-12-15-3-2-9-21-11-15/h2-7,9,11,13H,8,10,12H2,1H3,(H3,22,23,24,25,26,27). The van der Waals surface area contributed by atoms with Gasteiger partial charge in [0.15, 0.2) is 11.5 Å². The first kappa shape index (κ1) is 17.7. The number of nitrogens with zero attached hydrogens (tertiary/aromatic N) is 4. The lowest BCUT2D eigenvalue weighted by Gasteiger charge is -2.07. The number of pyridine rings is 1. The second-order valence-corrected chi connectivity index (χ2v) is 6.25. The maximum atomic E-state index is 5.19. The molecule has 0 aliphatic rings. The maximum absolute atomic E-state index is 5.19. The fourth-order valence-corrected chi connectivity index (χ4v) is 2.85. The van der Waals surface area contributed by atoms with E-state index in [4.69, 9.17) is 4.74 Å². The van der Waals surface area contributed by atoms with Gasteiger partial charge in [0.05, 0.1) is 7.11 Å². The van der Waals surface area contributed by atoms with Crippen molar-refractivity contribution < 1.29 is 4.74 Å². The quantitative estimate of drug-likeness (QED) is 0.435. The van der Waals surface area contributed by atoms with Crippen molar-refractivity contribution in [1.29, 1.82) is 0 Å². The van der Waals surface area contributed by atoms with Gasteiger partial charge in [0.25, 0.3) is 0 Å². The van der Waals surface area contributed by atoms with Gasteiger partial charge in [-0.05, 0) is 35.7 Å². The Kier molecular flexibility index (Phi) is 5.28. The van der Waals surface area contributed by atoms with Crippen LogP contribution in [0.15, 0.2) is 55.1 Å². The van der Waals surface area contributed by atoms with E-state index in [1.54, 1.807) is 13.3 Å². The Morgan fingerprint density at radius 3 is 2.71 bits per heavy atom. The molecule has 3 aromatic heterocycles. The van der Waals surface area contributed by atoms with Crippen LogP contribution in [0.3, 0.4) is 0 Å². The molecule has 0 bridgehead atoms. The van der Waals surface area contributed by atoms with Gasteiger partial charge >= 0.3 is 0 Å². The molecule has 28 heavy (non-hydrogen) atoms. The number of methoxy groups -OCH3 is 1. The number of hydrogen-bond donors (Lipinski definition) is 3. The topological polar surface area (TPSA) is 101 Å². The van der Waals surface area contributed by atoms with Crippen molar-refractivity contribution in [3.63, 3.8) is 0 Å². The first-order chi connectivity index (χ1) is 13.8. The Hall–Kier alpha value is -3.68. The van der Waals surface area contributed by atoms with Crippen LogP contribution in [0.5, 0.6) is 5.75 Å². The normalized spacial score (nSPS) is 10.8. The Morgan fingerprint density at radius 1 is 1.04 bits per heavy atom. The molecule has 0 saturated carbocycles. The first-order valence-electron chi connectivity index (χ1n) is 9.02. The molecule has 0 fully saturated rings. The maximum Gasteiger partial charge on any atom is 0.203 e. The summed E-state index contributed by atoms with van der Waals surface area (Å²) in [5.74, 6) is 2.25. The smallest absolute Gasteiger partial charge is 0.203 e. The van der Waals surface area contributed by atoms with Crippen LogP contribution in [0.2, 0.25) is 0 Å². The predicted octanol–water partition coefficient (Wildman–Crippen LogP) is 3.02. The number of H-pyrrole nitrogens is 1. The van der Waals surface area contributed by atoms with Crippen molar-refractivity contribution in [1.82, 2.24) is 24.9 Å². The molecule has 3 heterocycles. The summed E-state index contributed by atoms with van der Waals surface area (Å²) in [6.07, 6.45) is 5.96. The van der Waals surface area contributed by atoms with E-state index in [-0.39, 0.29) is 0 Å². The number of imidazole rings is 1.